The van der Waals surface area contributed by atoms with E-state index in [-0.39, 0.29) is 13.0 Å². The second-order valence-electron chi connectivity index (χ2n) is 9.29. The smallest absolute Gasteiger partial charge is 0.330 e. The van der Waals surface area contributed by atoms with Crippen LogP contribution in [0, 0.1) is 11.3 Å². The first kappa shape index (κ1) is 33.0. The fraction of sp³-hybridized carbons (Fsp3) is 0.609. The number of nitriles is 1. The summed E-state index contributed by atoms with van der Waals surface area (Å²) < 4.78 is 42.3. The highest BCUT2D eigenvalue weighted by Gasteiger charge is 2.51. The molecule has 236 valence electrons. The Labute approximate surface area is 247 Å². The molecular formula is C23H30N5O13PS. The molecule has 20 heteroatoms. The van der Waals surface area contributed by atoms with Gasteiger partial charge in [-0.1, -0.05) is 0 Å². The molecule has 0 spiro atoms. The van der Waals surface area contributed by atoms with E-state index in [9.17, 15) is 29.4 Å². The Morgan fingerprint density at radius 2 is 1.51 bits per heavy atom. The highest BCUT2D eigenvalue weighted by Crippen LogP contribution is 2.54. The van der Waals surface area contributed by atoms with Gasteiger partial charge in [-0.2, -0.15) is 5.26 Å². The molecule has 2 saturated heterocycles. The van der Waals surface area contributed by atoms with Gasteiger partial charge in [0.05, 0.1) is 32.3 Å². The maximum atomic E-state index is 12.4. The number of ether oxygens (including phenoxy) is 4. The Kier molecular flexibility index (Phi) is 11.0. The van der Waals surface area contributed by atoms with Gasteiger partial charge >= 0.3 is 18.1 Å². The lowest BCUT2D eigenvalue weighted by Crippen LogP contribution is -2.40. The molecule has 0 aromatic carbocycles. The van der Waals surface area contributed by atoms with Crippen LogP contribution in [0.2, 0.25) is 0 Å². The SMILES string of the molecule is COC1C(O)[C@@H](COP(=S)(OCCC#N)OC2C(OC)[C@H](n3ccc(=O)[nH]c3=O)O[C@@H]2CO)O[C@H]1n1ccc(=O)[nH]c1=O. The lowest BCUT2D eigenvalue weighted by molar-refractivity contribution is -0.0644. The molecule has 43 heavy (non-hydrogen) atoms. The fourth-order valence-electron chi connectivity index (χ4n) is 4.66. The highest BCUT2D eigenvalue weighted by atomic mass is 32.5. The Hall–Kier alpha value is -2.86. The van der Waals surface area contributed by atoms with Crippen LogP contribution in [0.5, 0.6) is 0 Å². The van der Waals surface area contributed by atoms with E-state index in [1.165, 1.54) is 26.6 Å². The molecule has 2 aliphatic heterocycles. The molecule has 0 aliphatic carbocycles. The number of aliphatic hydroxyl groups is 2. The van der Waals surface area contributed by atoms with Crippen molar-refractivity contribution in [1.82, 2.24) is 19.1 Å². The molecule has 0 saturated carbocycles. The van der Waals surface area contributed by atoms with E-state index < -0.39 is 91.5 Å². The molecule has 2 aromatic heterocycles. The number of hydrogen-bond donors (Lipinski definition) is 4. The molecule has 0 radical (unpaired) electrons. The van der Waals surface area contributed by atoms with Crippen LogP contribution in [0.1, 0.15) is 18.9 Å². The first-order chi connectivity index (χ1) is 20.5. The average molecular weight is 648 g/mol. The van der Waals surface area contributed by atoms with Crippen LogP contribution in [-0.4, -0.2) is 100.0 Å². The third-order valence-corrected chi connectivity index (χ3v) is 9.04. The lowest BCUT2D eigenvalue weighted by atomic mass is 10.1. The van der Waals surface area contributed by atoms with Crippen molar-refractivity contribution in [1.29, 1.82) is 5.26 Å². The summed E-state index contributed by atoms with van der Waals surface area (Å²) in [6, 6.07) is 4.11. The van der Waals surface area contributed by atoms with Crippen molar-refractivity contribution in [3.05, 3.63) is 66.2 Å². The van der Waals surface area contributed by atoms with Gasteiger partial charge in [-0.15, -0.1) is 0 Å². The first-order valence-electron chi connectivity index (χ1n) is 12.8. The summed E-state index contributed by atoms with van der Waals surface area (Å²) in [5.41, 5.74) is -2.84. The first-order valence-corrected chi connectivity index (χ1v) is 15.3. The highest BCUT2D eigenvalue weighted by molar-refractivity contribution is 8.07. The third kappa shape index (κ3) is 7.28. The van der Waals surface area contributed by atoms with Crippen LogP contribution in [0.3, 0.4) is 0 Å². The van der Waals surface area contributed by atoms with Crippen LogP contribution < -0.4 is 22.5 Å². The van der Waals surface area contributed by atoms with E-state index in [2.05, 4.69) is 9.97 Å². The lowest BCUT2D eigenvalue weighted by Gasteiger charge is -2.30. The Morgan fingerprint density at radius 1 is 0.953 bits per heavy atom. The minimum absolute atomic E-state index is 0.0791. The Bertz CT molecular complexity index is 1590. The van der Waals surface area contributed by atoms with Crippen LogP contribution >= 0.6 is 6.72 Å². The zero-order valence-corrected chi connectivity index (χ0v) is 24.5. The van der Waals surface area contributed by atoms with E-state index in [1.54, 1.807) is 0 Å². The van der Waals surface area contributed by atoms with E-state index >= 15 is 0 Å². The zero-order valence-electron chi connectivity index (χ0n) is 22.8. The van der Waals surface area contributed by atoms with Gasteiger partial charge < -0.3 is 38.2 Å². The molecule has 2 aromatic rings. The second kappa shape index (κ2) is 14.3. The van der Waals surface area contributed by atoms with Gasteiger partial charge in [-0.25, -0.2) is 9.59 Å². The number of methoxy groups -OCH3 is 2. The normalized spacial score (nSPS) is 30.2. The molecule has 4 N–H and O–H groups in total. The summed E-state index contributed by atoms with van der Waals surface area (Å²) >= 11 is 5.60. The molecule has 2 fully saturated rings. The monoisotopic (exact) mass is 647 g/mol. The van der Waals surface area contributed by atoms with Crippen molar-refractivity contribution < 1.29 is 42.7 Å². The Morgan fingerprint density at radius 3 is 2.02 bits per heavy atom. The van der Waals surface area contributed by atoms with Gasteiger partial charge in [0, 0.05) is 38.7 Å². The number of aromatic amines is 2. The van der Waals surface area contributed by atoms with Crippen molar-refractivity contribution in [3.63, 3.8) is 0 Å². The van der Waals surface area contributed by atoms with Crippen molar-refractivity contribution in [2.24, 2.45) is 0 Å². The largest absolute Gasteiger partial charge is 0.394 e. The molecule has 5 unspecified atom stereocenters. The molecule has 2 aliphatic rings. The summed E-state index contributed by atoms with van der Waals surface area (Å²) in [4.78, 5) is 52.0. The zero-order chi connectivity index (χ0) is 31.3. The van der Waals surface area contributed by atoms with E-state index in [4.69, 9.17) is 49.6 Å². The summed E-state index contributed by atoms with van der Waals surface area (Å²) in [5, 5.41) is 29.9. The van der Waals surface area contributed by atoms with Crippen molar-refractivity contribution in [3.8, 4) is 6.07 Å². The van der Waals surface area contributed by atoms with Crippen molar-refractivity contribution >= 4 is 18.5 Å². The maximum Gasteiger partial charge on any atom is 0.330 e. The van der Waals surface area contributed by atoms with Crippen LogP contribution in [0.4, 0.5) is 0 Å². The van der Waals surface area contributed by atoms with Crippen LogP contribution in [-0.2, 0) is 44.3 Å². The minimum atomic E-state index is -3.83. The van der Waals surface area contributed by atoms with E-state index in [1.807, 2.05) is 6.07 Å². The van der Waals surface area contributed by atoms with Gasteiger partial charge in [0.2, 0.25) is 0 Å². The maximum absolute atomic E-state index is 12.4. The van der Waals surface area contributed by atoms with Gasteiger partial charge in [0.25, 0.3) is 11.1 Å². The molecule has 0 amide bonds. The summed E-state index contributed by atoms with van der Waals surface area (Å²) in [6.45, 7) is -5.06. The van der Waals surface area contributed by atoms with Crippen LogP contribution in [0.15, 0.2) is 43.7 Å². The number of aromatic nitrogens is 4. The number of nitrogens with zero attached hydrogens (tertiary/aromatic N) is 3. The predicted octanol–water partition coefficient (Wildman–Crippen LogP) is -2.18. The van der Waals surface area contributed by atoms with Gasteiger partial charge in [0.1, 0.15) is 36.6 Å². The third-order valence-electron chi connectivity index (χ3n) is 6.68. The molecule has 0 bridgehead atoms. The van der Waals surface area contributed by atoms with Crippen LogP contribution in [0.25, 0.3) is 0 Å². The fourth-order valence-corrected chi connectivity index (χ4v) is 6.76. The van der Waals surface area contributed by atoms with Crippen molar-refractivity contribution in [2.45, 2.75) is 55.5 Å². The average Bonchev–Trinajstić information content (AvgIpc) is 3.47. The van der Waals surface area contributed by atoms with Crippen molar-refractivity contribution in [2.75, 3.05) is 34.0 Å². The molecule has 9 atom stereocenters. The van der Waals surface area contributed by atoms with E-state index in [0.717, 1.165) is 21.3 Å². The molecule has 18 nitrogen and oxygen atoms in total. The molecular weight excluding hydrogens is 617 g/mol. The predicted molar refractivity (Wildman–Crippen MR) is 146 cm³/mol. The number of aliphatic hydroxyl groups excluding tert-OH is 2. The second-order valence-corrected chi connectivity index (χ2v) is 12.3. The number of H-pyrrole nitrogens is 2. The summed E-state index contributed by atoms with van der Waals surface area (Å²) in [6.07, 6.45) is -6.83. The van der Waals surface area contributed by atoms with E-state index in [0.29, 0.717) is 0 Å². The number of nitrogens with one attached hydrogen (secondary N) is 2. The standard InChI is InChI=1S/C23H30N5O13PS/c1-35-18-16(32)13(40-20(18)27-7-4-14(30)25-22(27)33)11-38-42(43,37-9-3-6-24)41-17-12(10-29)39-21(19(17)36-2)28-8-5-15(31)26-23(28)34/h4-5,7-8,12-13,16-21,29,32H,3,9-11H2,1-2H3,(H,25,30,33)(H,26,31,34)/t12-,13-,16?,17?,18?,19?,20-,21-,42?/m1/s1. The number of hydrogen-bond acceptors (Lipinski definition) is 15. The van der Waals surface area contributed by atoms with Gasteiger partial charge in [-0.3, -0.25) is 33.2 Å². The minimum Gasteiger partial charge on any atom is -0.394 e. The Balaban J connectivity index is 1.56. The molecule has 4 heterocycles. The molecule has 4 rings (SSSR count). The number of rotatable bonds is 13. The van der Waals surface area contributed by atoms with Gasteiger partial charge in [-0.05, 0) is 11.8 Å². The summed E-state index contributed by atoms with van der Waals surface area (Å²) in [5.74, 6) is 0. The van der Waals surface area contributed by atoms with Gasteiger partial charge in [0.15, 0.2) is 12.5 Å². The topological polar surface area (TPSA) is 239 Å². The summed E-state index contributed by atoms with van der Waals surface area (Å²) in [7, 11) is 2.61. The quantitative estimate of drug-likeness (QED) is 0.134.